The fraction of sp³-hybridized carbons (Fsp3) is 0.316. The Morgan fingerprint density at radius 1 is 1.00 bits per heavy atom. The molecule has 0 fully saturated rings. The molecule has 25 heavy (non-hydrogen) atoms. The Bertz CT molecular complexity index is 677. The van der Waals surface area contributed by atoms with Gasteiger partial charge in [0.05, 0.1) is 21.3 Å². The number of rotatable bonds is 8. The van der Waals surface area contributed by atoms with E-state index in [-0.39, 0.29) is 5.91 Å². The summed E-state index contributed by atoms with van der Waals surface area (Å²) in [5.74, 6) is 2.04. The molecule has 1 amide bonds. The summed E-state index contributed by atoms with van der Waals surface area (Å²) in [6.45, 7) is 2.02. The fourth-order valence-electron chi connectivity index (χ4n) is 2.33. The molecule has 6 heteroatoms. The number of carbonyl (C=O) groups excluding carboxylic acids is 1. The van der Waals surface area contributed by atoms with Crippen molar-refractivity contribution in [1.82, 2.24) is 5.32 Å². The van der Waals surface area contributed by atoms with Gasteiger partial charge in [-0.25, -0.2) is 0 Å². The summed E-state index contributed by atoms with van der Waals surface area (Å²) in [6.07, 6.45) is -0.607. The minimum absolute atomic E-state index is 0.211. The lowest BCUT2D eigenvalue weighted by atomic mass is 10.1. The molecular weight excluding hydrogens is 322 g/mol. The van der Waals surface area contributed by atoms with E-state index in [1.165, 1.54) is 0 Å². The first kappa shape index (κ1) is 18.4. The number of nitrogens with one attached hydrogen (secondary N) is 1. The van der Waals surface area contributed by atoms with Gasteiger partial charge in [0.1, 0.15) is 5.75 Å². The number of para-hydroxylation sites is 1. The van der Waals surface area contributed by atoms with E-state index in [0.717, 1.165) is 5.56 Å². The second-order valence-corrected chi connectivity index (χ2v) is 5.32. The van der Waals surface area contributed by atoms with Crippen molar-refractivity contribution in [2.75, 3.05) is 21.3 Å². The molecule has 0 aromatic heterocycles. The molecule has 2 rings (SSSR count). The van der Waals surface area contributed by atoms with Gasteiger partial charge in [-0.2, -0.15) is 0 Å². The molecule has 134 valence electrons. The lowest BCUT2D eigenvalue weighted by Gasteiger charge is -2.16. The van der Waals surface area contributed by atoms with Crippen molar-refractivity contribution in [2.24, 2.45) is 0 Å². The Morgan fingerprint density at radius 2 is 1.60 bits per heavy atom. The van der Waals surface area contributed by atoms with Gasteiger partial charge in [0, 0.05) is 6.54 Å². The largest absolute Gasteiger partial charge is 0.493 e. The Hall–Kier alpha value is -2.89. The van der Waals surface area contributed by atoms with Crippen LogP contribution in [0.25, 0.3) is 0 Å². The normalized spacial score (nSPS) is 11.4. The van der Waals surface area contributed by atoms with Gasteiger partial charge in [-0.05, 0) is 36.8 Å². The highest BCUT2D eigenvalue weighted by Crippen LogP contribution is 2.38. The molecule has 2 aromatic carbocycles. The minimum atomic E-state index is -0.607. The van der Waals surface area contributed by atoms with Gasteiger partial charge in [0.15, 0.2) is 17.6 Å². The van der Waals surface area contributed by atoms with E-state index in [1.54, 1.807) is 40.4 Å². The third-order valence-corrected chi connectivity index (χ3v) is 3.62. The van der Waals surface area contributed by atoms with Crippen LogP contribution in [0.3, 0.4) is 0 Å². The van der Waals surface area contributed by atoms with Crippen LogP contribution in [0.5, 0.6) is 23.0 Å². The predicted octanol–water partition coefficient (Wildman–Crippen LogP) is 2.80. The van der Waals surface area contributed by atoms with E-state index in [9.17, 15) is 4.79 Å². The van der Waals surface area contributed by atoms with Crippen LogP contribution in [0.1, 0.15) is 12.5 Å². The van der Waals surface area contributed by atoms with E-state index >= 15 is 0 Å². The van der Waals surface area contributed by atoms with Crippen molar-refractivity contribution in [3.63, 3.8) is 0 Å². The van der Waals surface area contributed by atoms with Crippen molar-refractivity contribution in [3.05, 3.63) is 48.0 Å². The Balaban J connectivity index is 2.01. The van der Waals surface area contributed by atoms with Crippen LogP contribution in [-0.2, 0) is 11.3 Å². The SMILES string of the molecule is COc1cc(CNC(=O)[C@@H](C)Oc2ccccc2)cc(OC)c1OC. The van der Waals surface area contributed by atoms with Crippen LogP contribution in [0.4, 0.5) is 0 Å². The molecule has 0 aliphatic heterocycles. The lowest BCUT2D eigenvalue weighted by Crippen LogP contribution is -2.35. The number of benzene rings is 2. The second-order valence-electron chi connectivity index (χ2n) is 5.32. The molecule has 0 unspecified atom stereocenters. The predicted molar refractivity (Wildman–Crippen MR) is 94.5 cm³/mol. The highest BCUT2D eigenvalue weighted by atomic mass is 16.5. The molecule has 1 atom stereocenters. The van der Waals surface area contributed by atoms with Crippen molar-refractivity contribution in [2.45, 2.75) is 19.6 Å². The zero-order valence-corrected chi connectivity index (χ0v) is 14.9. The average molecular weight is 345 g/mol. The summed E-state index contributed by atoms with van der Waals surface area (Å²) < 4.78 is 21.5. The summed E-state index contributed by atoms with van der Waals surface area (Å²) in [4.78, 5) is 12.2. The van der Waals surface area contributed by atoms with E-state index in [2.05, 4.69) is 5.32 Å². The van der Waals surface area contributed by atoms with Gasteiger partial charge >= 0.3 is 0 Å². The zero-order chi connectivity index (χ0) is 18.2. The monoisotopic (exact) mass is 345 g/mol. The van der Waals surface area contributed by atoms with E-state index in [0.29, 0.717) is 29.5 Å². The van der Waals surface area contributed by atoms with Crippen LogP contribution >= 0.6 is 0 Å². The summed E-state index contributed by atoms with van der Waals surface area (Å²) in [5, 5.41) is 2.84. The first-order valence-corrected chi connectivity index (χ1v) is 7.87. The standard InChI is InChI=1S/C19H23NO5/c1-13(25-15-8-6-5-7-9-15)19(21)20-12-14-10-16(22-2)18(24-4)17(11-14)23-3/h5-11,13H,12H2,1-4H3,(H,20,21)/t13-/m1/s1. The minimum Gasteiger partial charge on any atom is -0.493 e. The molecule has 2 aromatic rings. The maximum Gasteiger partial charge on any atom is 0.261 e. The van der Waals surface area contributed by atoms with E-state index in [4.69, 9.17) is 18.9 Å². The average Bonchev–Trinajstić information content (AvgIpc) is 2.65. The van der Waals surface area contributed by atoms with Crippen LogP contribution < -0.4 is 24.3 Å². The third-order valence-electron chi connectivity index (χ3n) is 3.62. The van der Waals surface area contributed by atoms with Crippen LogP contribution in [-0.4, -0.2) is 33.3 Å². The molecule has 0 aliphatic rings. The summed E-state index contributed by atoms with van der Waals surface area (Å²) in [6, 6.07) is 12.8. The van der Waals surface area contributed by atoms with Gasteiger partial charge < -0.3 is 24.3 Å². The molecule has 0 bridgehead atoms. The highest BCUT2D eigenvalue weighted by Gasteiger charge is 2.16. The first-order chi connectivity index (χ1) is 12.1. The Labute approximate surface area is 147 Å². The van der Waals surface area contributed by atoms with Gasteiger partial charge in [-0.3, -0.25) is 4.79 Å². The maximum absolute atomic E-state index is 12.2. The van der Waals surface area contributed by atoms with Gasteiger partial charge in [-0.15, -0.1) is 0 Å². The second kappa shape index (κ2) is 8.82. The number of carbonyl (C=O) groups is 1. The van der Waals surface area contributed by atoms with Crippen LogP contribution in [0.15, 0.2) is 42.5 Å². The van der Waals surface area contributed by atoms with Crippen molar-refractivity contribution in [3.8, 4) is 23.0 Å². The number of ether oxygens (including phenoxy) is 4. The summed E-state index contributed by atoms with van der Waals surface area (Å²) in [7, 11) is 4.65. The number of hydrogen-bond donors (Lipinski definition) is 1. The maximum atomic E-state index is 12.2. The molecule has 0 radical (unpaired) electrons. The molecule has 1 N–H and O–H groups in total. The molecule has 0 saturated heterocycles. The van der Waals surface area contributed by atoms with Crippen molar-refractivity contribution < 1.29 is 23.7 Å². The van der Waals surface area contributed by atoms with Gasteiger partial charge in [0.25, 0.3) is 5.91 Å². The molecule has 6 nitrogen and oxygen atoms in total. The Morgan fingerprint density at radius 3 is 2.12 bits per heavy atom. The summed E-state index contributed by atoms with van der Waals surface area (Å²) >= 11 is 0. The molecule has 0 saturated carbocycles. The van der Waals surface area contributed by atoms with Crippen molar-refractivity contribution in [1.29, 1.82) is 0 Å². The van der Waals surface area contributed by atoms with Crippen LogP contribution in [0.2, 0.25) is 0 Å². The smallest absolute Gasteiger partial charge is 0.261 e. The number of hydrogen-bond acceptors (Lipinski definition) is 5. The number of amides is 1. The topological polar surface area (TPSA) is 66.0 Å². The molecular formula is C19H23NO5. The first-order valence-electron chi connectivity index (χ1n) is 7.87. The van der Waals surface area contributed by atoms with E-state index < -0.39 is 6.10 Å². The Kier molecular flexibility index (Phi) is 6.51. The lowest BCUT2D eigenvalue weighted by molar-refractivity contribution is -0.127. The quantitative estimate of drug-likeness (QED) is 0.797. The highest BCUT2D eigenvalue weighted by molar-refractivity contribution is 5.80. The van der Waals surface area contributed by atoms with Crippen molar-refractivity contribution >= 4 is 5.91 Å². The van der Waals surface area contributed by atoms with E-state index in [1.807, 2.05) is 30.3 Å². The molecule has 0 heterocycles. The summed E-state index contributed by atoms with van der Waals surface area (Å²) in [5.41, 5.74) is 0.828. The fourth-order valence-corrected chi connectivity index (χ4v) is 2.33. The molecule has 0 aliphatic carbocycles. The van der Waals surface area contributed by atoms with Gasteiger partial charge in [-0.1, -0.05) is 18.2 Å². The van der Waals surface area contributed by atoms with Gasteiger partial charge in [0.2, 0.25) is 5.75 Å². The number of methoxy groups -OCH3 is 3. The third kappa shape index (κ3) is 4.79. The zero-order valence-electron chi connectivity index (χ0n) is 14.9. The molecule has 0 spiro atoms. The van der Waals surface area contributed by atoms with Crippen LogP contribution in [0, 0.1) is 0 Å².